The molecule has 0 aliphatic carbocycles. The van der Waals surface area contributed by atoms with Gasteiger partial charge in [0.15, 0.2) is 0 Å². The van der Waals surface area contributed by atoms with Gasteiger partial charge in [-0.3, -0.25) is 9.59 Å². The van der Waals surface area contributed by atoms with Crippen molar-refractivity contribution in [2.45, 2.75) is 19.8 Å². The van der Waals surface area contributed by atoms with Gasteiger partial charge in [0.2, 0.25) is 0 Å². The van der Waals surface area contributed by atoms with Crippen LogP contribution in [0.25, 0.3) is 0 Å². The molecule has 0 aliphatic heterocycles. The summed E-state index contributed by atoms with van der Waals surface area (Å²) in [5.41, 5.74) is 0. The third-order valence-electron chi connectivity index (χ3n) is 0.763. The molecular formula is C6H11O4Rb. The van der Waals surface area contributed by atoms with Gasteiger partial charge in [-0.2, -0.15) is 0 Å². The number of carboxylic acid groups (broad SMARTS) is 1. The minimum absolute atomic E-state index is 0. The maximum Gasteiger partial charge on any atom is 1.00 e. The summed E-state index contributed by atoms with van der Waals surface area (Å²) >= 11 is 0. The smallest absolute Gasteiger partial charge is 1.00 e. The van der Waals surface area contributed by atoms with E-state index in [1.54, 1.807) is 0 Å². The molecule has 0 aliphatic rings. The van der Waals surface area contributed by atoms with Crippen LogP contribution in [-0.2, 0) is 14.3 Å². The van der Waals surface area contributed by atoms with Gasteiger partial charge >= 0.3 is 70.1 Å². The minimum Gasteiger partial charge on any atom is -1.00 e. The Balaban J connectivity index is -0.000000405. The zero-order valence-electron chi connectivity index (χ0n) is 7.79. The van der Waals surface area contributed by atoms with Gasteiger partial charge in [-0.1, -0.05) is 6.92 Å². The fourth-order valence-electron chi connectivity index (χ4n) is 0.390. The van der Waals surface area contributed by atoms with Gasteiger partial charge in [0.1, 0.15) is 6.42 Å². The van der Waals surface area contributed by atoms with Crippen molar-refractivity contribution in [3.05, 3.63) is 0 Å². The van der Waals surface area contributed by atoms with Crippen molar-refractivity contribution in [3.63, 3.8) is 0 Å². The predicted octanol–water partition coefficient (Wildman–Crippen LogP) is -2.47. The molecule has 0 bridgehead atoms. The van der Waals surface area contributed by atoms with Crippen LogP contribution >= 0.6 is 0 Å². The van der Waals surface area contributed by atoms with Crippen LogP contribution < -0.4 is 58.2 Å². The first-order valence-corrected chi connectivity index (χ1v) is 3.04. The van der Waals surface area contributed by atoms with Crippen molar-refractivity contribution in [1.82, 2.24) is 0 Å². The van der Waals surface area contributed by atoms with E-state index in [4.69, 9.17) is 5.11 Å². The van der Waals surface area contributed by atoms with Gasteiger partial charge in [-0.05, 0) is 6.42 Å². The van der Waals surface area contributed by atoms with Gasteiger partial charge < -0.3 is 11.3 Å². The maximum atomic E-state index is 10.4. The standard InChI is InChI=1S/C6H10O4.Rb.H/c1-2-3-10-6(9)4-5(7)8;;/h2-4H2,1H3,(H,7,8);;/q;+1;-1. The minimum atomic E-state index is -1.15. The van der Waals surface area contributed by atoms with E-state index in [1.807, 2.05) is 6.92 Å². The molecule has 5 heteroatoms. The molecule has 0 aromatic rings. The van der Waals surface area contributed by atoms with E-state index in [-0.39, 0.29) is 59.6 Å². The number of carbonyl (C=O) groups is 2. The van der Waals surface area contributed by atoms with Crippen LogP contribution in [-0.4, -0.2) is 23.7 Å². The SMILES string of the molecule is CCCOC(=O)CC(=O)O.[H-].[Rb+]. The van der Waals surface area contributed by atoms with Crippen molar-refractivity contribution in [1.29, 1.82) is 0 Å². The fourth-order valence-corrected chi connectivity index (χ4v) is 0.390. The third kappa shape index (κ3) is 10.7. The molecule has 0 rings (SSSR count). The monoisotopic (exact) mass is 232 g/mol. The maximum absolute atomic E-state index is 10.4. The first-order chi connectivity index (χ1) is 4.66. The molecule has 0 spiro atoms. The Labute approximate surface area is 116 Å². The molecule has 60 valence electrons. The zero-order valence-corrected chi connectivity index (χ0v) is 11.7. The van der Waals surface area contributed by atoms with Crippen molar-refractivity contribution in [2.24, 2.45) is 0 Å². The van der Waals surface area contributed by atoms with Gasteiger partial charge in [0.25, 0.3) is 0 Å². The molecule has 0 saturated heterocycles. The number of carbonyl (C=O) groups excluding carboxylic acids is 1. The Morgan fingerprint density at radius 1 is 1.55 bits per heavy atom. The summed E-state index contributed by atoms with van der Waals surface area (Å²) in [4.78, 5) is 20.3. The summed E-state index contributed by atoms with van der Waals surface area (Å²) in [6, 6.07) is 0. The van der Waals surface area contributed by atoms with E-state index in [0.717, 1.165) is 0 Å². The summed E-state index contributed by atoms with van der Waals surface area (Å²) in [6.07, 6.45) is 0.172. The van der Waals surface area contributed by atoms with Crippen molar-refractivity contribution >= 4 is 11.9 Å². The molecule has 0 saturated carbocycles. The number of hydrogen-bond acceptors (Lipinski definition) is 3. The summed E-state index contributed by atoms with van der Waals surface area (Å²) in [5.74, 6) is -1.82. The van der Waals surface area contributed by atoms with Crippen molar-refractivity contribution in [3.8, 4) is 0 Å². The number of rotatable bonds is 4. The van der Waals surface area contributed by atoms with Gasteiger partial charge in [-0.15, -0.1) is 0 Å². The van der Waals surface area contributed by atoms with E-state index in [1.165, 1.54) is 0 Å². The molecule has 0 atom stereocenters. The first-order valence-electron chi connectivity index (χ1n) is 3.04. The Morgan fingerprint density at radius 2 is 2.09 bits per heavy atom. The molecule has 0 amide bonds. The van der Waals surface area contributed by atoms with E-state index in [9.17, 15) is 9.59 Å². The molecule has 0 radical (unpaired) electrons. The summed E-state index contributed by atoms with van der Waals surface area (Å²) in [7, 11) is 0. The quantitative estimate of drug-likeness (QED) is 0.431. The Bertz CT molecular complexity index is 140. The van der Waals surface area contributed by atoms with E-state index in [0.29, 0.717) is 13.0 Å². The van der Waals surface area contributed by atoms with E-state index in [2.05, 4.69) is 4.74 Å². The second-order valence-corrected chi connectivity index (χ2v) is 1.79. The number of aliphatic carboxylic acids is 1. The molecule has 0 aromatic heterocycles. The third-order valence-corrected chi connectivity index (χ3v) is 0.763. The average Bonchev–Trinajstić information content (AvgIpc) is 1.82. The fraction of sp³-hybridized carbons (Fsp3) is 0.667. The predicted molar refractivity (Wildman–Crippen MR) is 34.6 cm³/mol. The van der Waals surface area contributed by atoms with Gasteiger partial charge in [0, 0.05) is 0 Å². The van der Waals surface area contributed by atoms with Gasteiger partial charge in [-0.25, -0.2) is 0 Å². The van der Waals surface area contributed by atoms with Gasteiger partial charge in [0.05, 0.1) is 6.61 Å². The number of carboxylic acids is 1. The molecule has 11 heavy (non-hydrogen) atoms. The van der Waals surface area contributed by atoms with Crippen LogP contribution in [0.3, 0.4) is 0 Å². The van der Waals surface area contributed by atoms with E-state index < -0.39 is 18.4 Å². The van der Waals surface area contributed by atoms with Crippen LogP contribution in [0.1, 0.15) is 21.2 Å². The van der Waals surface area contributed by atoms with Crippen LogP contribution in [0.5, 0.6) is 0 Å². The molecule has 0 aromatic carbocycles. The number of hydrogen-bond donors (Lipinski definition) is 1. The van der Waals surface area contributed by atoms with Crippen LogP contribution in [0, 0.1) is 0 Å². The molecule has 0 unspecified atom stereocenters. The molecule has 1 N–H and O–H groups in total. The van der Waals surface area contributed by atoms with Crippen molar-refractivity contribution in [2.75, 3.05) is 6.61 Å². The normalized spacial score (nSPS) is 8.09. The number of ether oxygens (including phenoxy) is 1. The molecule has 4 nitrogen and oxygen atoms in total. The Morgan fingerprint density at radius 3 is 2.45 bits per heavy atom. The summed E-state index contributed by atoms with van der Waals surface area (Å²) in [5, 5.41) is 8.08. The molecular weight excluding hydrogens is 222 g/mol. The Hall–Kier alpha value is 0.745. The second kappa shape index (κ2) is 8.84. The average molecular weight is 233 g/mol. The second-order valence-electron chi connectivity index (χ2n) is 1.79. The molecule has 0 fully saturated rings. The topological polar surface area (TPSA) is 63.6 Å². The largest absolute Gasteiger partial charge is 1.00 e. The first kappa shape index (κ1) is 14.3. The Kier molecular flexibility index (Phi) is 11.5. The van der Waals surface area contributed by atoms with Crippen LogP contribution in [0.15, 0.2) is 0 Å². The van der Waals surface area contributed by atoms with Crippen LogP contribution in [0.4, 0.5) is 0 Å². The summed E-state index contributed by atoms with van der Waals surface area (Å²) in [6.45, 7) is 2.14. The van der Waals surface area contributed by atoms with Crippen LogP contribution in [0.2, 0.25) is 0 Å². The van der Waals surface area contributed by atoms with E-state index >= 15 is 0 Å². The molecule has 0 heterocycles. The number of esters is 1. The zero-order chi connectivity index (χ0) is 7.98. The summed E-state index contributed by atoms with van der Waals surface area (Å²) < 4.78 is 4.48. The van der Waals surface area contributed by atoms with Crippen molar-refractivity contribution < 1.29 is 79.0 Å².